The molecule has 35 heavy (non-hydrogen) atoms. The smallest absolute Gasteiger partial charge is 0.276 e. The van der Waals surface area contributed by atoms with Crippen LogP contribution >= 0.6 is 0 Å². The molecule has 3 aromatic carbocycles. The van der Waals surface area contributed by atoms with Crippen molar-refractivity contribution in [3.63, 3.8) is 0 Å². The average molecular weight is 462 g/mol. The van der Waals surface area contributed by atoms with Gasteiger partial charge in [0.2, 0.25) is 0 Å². The van der Waals surface area contributed by atoms with E-state index in [-0.39, 0.29) is 24.1 Å². The molecule has 0 saturated carbocycles. The van der Waals surface area contributed by atoms with E-state index < -0.39 is 0 Å². The number of hydrogen-bond donors (Lipinski definition) is 1. The lowest BCUT2D eigenvalue weighted by molar-refractivity contribution is 0.276. The van der Waals surface area contributed by atoms with Gasteiger partial charge in [-0.3, -0.25) is 4.79 Å². The summed E-state index contributed by atoms with van der Waals surface area (Å²) in [6, 6.07) is 27.9. The minimum atomic E-state index is -0.230. The molecule has 5 heteroatoms. The minimum absolute atomic E-state index is 0.0152. The van der Waals surface area contributed by atoms with Crippen LogP contribution in [0.5, 0.6) is 0 Å². The van der Waals surface area contributed by atoms with E-state index in [0.29, 0.717) is 27.9 Å². The van der Waals surface area contributed by atoms with Gasteiger partial charge < -0.3 is 14.1 Å². The average Bonchev–Trinajstić information content (AvgIpc) is 3.22. The third-order valence-electron chi connectivity index (χ3n) is 6.55. The molecule has 2 aromatic heterocycles. The molecule has 0 bridgehead atoms. The summed E-state index contributed by atoms with van der Waals surface area (Å²) in [6.45, 7) is 6.48. The molecule has 0 unspecified atom stereocenters. The van der Waals surface area contributed by atoms with Crippen molar-refractivity contribution < 1.29 is 5.11 Å². The first-order valence-corrected chi connectivity index (χ1v) is 11.7. The number of hydrogen-bond acceptors (Lipinski definition) is 3. The third kappa shape index (κ3) is 3.63. The molecule has 5 aromatic rings. The fraction of sp³-hybridized carbons (Fsp3) is 0.200. The zero-order valence-electron chi connectivity index (χ0n) is 20.1. The molecule has 0 spiro atoms. The monoisotopic (exact) mass is 461 g/mol. The number of aliphatic hydroxyl groups is 1. The van der Waals surface area contributed by atoms with Gasteiger partial charge in [-0.2, -0.15) is 5.26 Å². The van der Waals surface area contributed by atoms with Crippen molar-refractivity contribution in [1.29, 1.82) is 5.26 Å². The van der Waals surface area contributed by atoms with Gasteiger partial charge in [-0.05, 0) is 34.2 Å². The van der Waals surface area contributed by atoms with E-state index in [1.807, 2.05) is 71.1 Å². The molecule has 0 amide bonds. The van der Waals surface area contributed by atoms with Crippen LogP contribution in [0.1, 0.15) is 31.9 Å². The van der Waals surface area contributed by atoms with Crippen molar-refractivity contribution in [3.05, 3.63) is 100 Å². The number of benzene rings is 3. The number of nitriles is 1. The van der Waals surface area contributed by atoms with E-state index in [0.717, 1.165) is 16.6 Å². The Hall–Kier alpha value is -4.14. The molecule has 0 radical (unpaired) electrons. The van der Waals surface area contributed by atoms with E-state index >= 15 is 0 Å². The first kappa shape index (κ1) is 22.6. The van der Waals surface area contributed by atoms with Crippen molar-refractivity contribution in [3.8, 4) is 28.5 Å². The van der Waals surface area contributed by atoms with Gasteiger partial charge in [0.25, 0.3) is 5.56 Å². The Morgan fingerprint density at radius 1 is 0.857 bits per heavy atom. The molecule has 0 aliphatic carbocycles. The number of rotatable bonds is 4. The molecule has 1 N–H and O–H groups in total. The molecule has 0 aliphatic rings. The predicted octanol–water partition coefficient (Wildman–Crippen LogP) is 5.75. The minimum Gasteiger partial charge on any atom is -0.395 e. The fourth-order valence-electron chi connectivity index (χ4n) is 4.85. The Bertz CT molecular complexity index is 1650. The first-order valence-electron chi connectivity index (χ1n) is 11.7. The van der Waals surface area contributed by atoms with Crippen LogP contribution in [0, 0.1) is 11.3 Å². The summed E-state index contributed by atoms with van der Waals surface area (Å²) in [5, 5.41) is 20.2. The lowest BCUT2D eigenvalue weighted by Gasteiger charge is -2.19. The largest absolute Gasteiger partial charge is 0.395 e. The summed E-state index contributed by atoms with van der Waals surface area (Å²) >= 11 is 0. The maximum atomic E-state index is 14.0. The number of fused-ring (bicyclic) bond motifs is 3. The second-order valence-electron chi connectivity index (χ2n) is 9.76. The second-order valence-corrected chi connectivity index (χ2v) is 9.76. The molecule has 0 saturated heterocycles. The van der Waals surface area contributed by atoms with Crippen LogP contribution in [0.15, 0.2) is 83.7 Å². The molecule has 0 atom stereocenters. The topological polar surface area (TPSA) is 70.4 Å². The van der Waals surface area contributed by atoms with Gasteiger partial charge >= 0.3 is 0 Å². The van der Waals surface area contributed by atoms with Crippen molar-refractivity contribution >= 4 is 16.6 Å². The number of nitrogens with zero attached hydrogens (tertiary/aromatic N) is 3. The Morgan fingerprint density at radius 2 is 1.49 bits per heavy atom. The van der Waals surface area contributed by atoms with Crippen LogP contribution in [0.4, 0.5) is 0 Å². The highest BCUT2D eigenvalue weighted by molar-refractivity contribution is 5.97. The van der Waals surface area contributed by atoms with E-state index in [4.69, 9.17) is 0 Å². The maximum absolute atomic E-state index is 14.0. The van der Waals surface area contributed by atoms with Crippen LogP contribution in [-0.2, 0) is 12.0 Å². The van der Waals surface area contributed by atoms with Crippen molar-refractivity contribution in [2.45, 2.75) is 32.7 Å². The molecule has 0 aliphatic heterocycles. The second kappa shape index (κ2) is 8.57. The lowest BCUT2D eigenvalue weighted by Crippen LogP contribution is -2.24. The number of para-hydroxylation sites is 2. The molecule has 0 fully saturated rings. The van der Waals surface area contributed by atoms with E-state index in [2.05, 4.69) is 39.0 Å². The van der Waals surface area contributed by atoms with E-state index in [9.17, 15) is 15.2 Å². The highest BCUT2D eigenvalue weighted by atomic mass is 16.3. The summed E-state index contributed by atoms with van der Waals surface area (Å²) in [5.74, 6) is 0. The Kier molecular flexibility index (Phi) is 5.55. The molecule has 5 nitrogen and oxygen atoms in total. The Labute approximate surface area is 204 Å². The van der Waals surface area contributed by atoms with E-state index in [1.54, 1.807) is 4.57 Å². The van der Waals surface area contributed by atoms with Crippen molar-refractivity contribution in [2.24, 2.45) is 0 Å². The van der Waals surface area contributed by atoms with Crippen molar-refractivity contribution in [1.82, 2.24) is 8.97 Å². The van der Waals surface area contributed by atoms with Gasteiger partial charge in [0.05, 0.1) is 28.9 Å². The molecular weight excluding hydrogens is 434 g/mol. The lowest BCUT2D eigenvalue weighted by atomic mass is 9.86. The van der Waals surface area contributed by atoms with Gasteiger partial charge in [0.1, 0.15) is 11.6 Å². The summed E-state index contributed by atoms with van der Waals surface area (Å²) in [6.07, 6.45) is 0. The standard InChI is InChI=1S/C30H27N3O2/c1-30(2,3)22-15-13-20(14-16-22)26-23(19-31)27(21-9-5-4-6-10-21)33-25-12-8-7-11-24(25)32(17-18-34)29(35)28(26)33/h4-16,34H,17-18H2,1-3H3. The third-order valence-corrected chi connectivity index (χ3v) is 6.55. The normalized spacial score (nSPS) is 11.7. The van der Waals surface area contributed by atoms with Crippen LogP contribution in [0.25, 0.3) is 38.9 Å². The highest BCUT2D eigenvalue weighted by Crippen LogP contribution is 2.39. The van der Waals surface area contributed by atoms with Crippen LogP contribution in [0.3, 0.4) is 0 Å². The summed E-state index contributed by atoms with van der Waals surface area (Å²) in [7, 11) is 0. The summed E-state index contributed by atoms with van der Waals surface area (Å²) in [4.78, 5) is 14.0. The zero-order chi connectivity index (χ0) is 24.7. The maximum Gasteiger partial charge on any atom is 0.276 e. The van der Waals surface area contributed by atoms with Crippen LogP contribution in [-0.4, -0.2) is 20.7 Å². The van der Waals surface area contributed by atoms with Gasteiger partial charge in [-0.1, -0.05) is 87.5 Å². The molecule has 174 valence electrons. The van der Waals surface area contributed by atoms with Crippen LogP contribution < -0.4 is 5.56 Å². The Balaban J connectivity index is 2.00. The Morgan fingerprint density at radius 3 is 2.09 bits per heavy atom. The summed E-state index contributed by atoms with van der Waals surface area (Å²) in [5.41, 5.74) is 6.35. The fourth-order valence-corrected chi connectivity index (χ4v) is 4.85. The number of aromatic nitrogens is 2. The van der Waals surface area contributed by atoms with Crippen molar-refractivity contribution in [2.75, 3.05) is 6.61 Å². The molecular formula is C30H27N3O2. The van der Waals surface area contributed by atoms with Gasteiger partial charge in [0.15, 0.2) is 0 Å². The first-order chi connectivity index (χ1) is 16.9. The van der Waals surface area contributed by atoms with Gasteiger partial charge in [-0.25, -0.2) is 0 Å². The van der Waals surface area contributed by atoms with Crippen LogP contribution in [0.2, 0.25) is 0 Å². The molecule has 2 heterocycles. The number of aliphatic hydroxyl groups excluding tert-OH is 1. The van der Waals surface area contributed by atoms with E-state index in [1.165, 1.54) is 5.56 Å². The summed E-state index contributed by atoms with van der Waals surface area (Å²) < 4.78 is 3.53. The van der Waals surface area contributed by atoms with Gasteiger partial charge in [0, 0.05) is 12.1 Å². The SMILES string of the molecule is CC(C)(C)c1ccc(-c2c(C#N)c(-c3ccccc3)n3c2c(=O)n(CCO)c2ccccc23)cc1. The highest BCUT2D eigenvalue weighted by Gasteiger charge is 2.26. The van der Waals surface area contributed by atoms with Gasteiger partial charge in [-0.15, -0.1) is 0 Å². The molecule has 5 rings (SSSR count). The predicted molar refractivity (Wildman–Crippen MR) is 141 cm³/mol. The zero-order valence-corrected chi connectivity index (χ0v) is 20.1. The quantitative estimate of drug-likeness (QED) is 0.370.